The van der Waals surface area contributed by atoms with Gasteiger partial charge in [0, 0.05) is 6.04 Å². The van der Waals surface area contributed by atoms with Crippen LogP contribution in [-0.4, -0.2) is 19.7 Å². The molecule has 0 radical (unpaired) electrons. The van der Waals surface area contributed by atoms with Gasteiger partial charge in [-0.3, -0.25) is 0 Å². The van der Waals surface area contributed by atoms with E-state index in [2.05, 4.69) is 36.5 Å². The number of nitrogens with one attached hydrogen (secondary N) is 1. The minimum absolute atomic E-state index is 0.718. The van der Waals surface area contributed by atoms with Crippen molar-refractivity contribution in [2.24, 2.45) is 17.8 Å². The third-order valence-corrected chi connectivity index (χ3v) is 5.22. The Kier molecular flexibility index (Phi) is 4.30. The van der Waals surface area contributed by atoms with Crippen LogP contribution in [0.25, 0.3) is 0 Å². The van der Waals surface area contributed by atoms with Crippen molar-refractivity contribution < 1.29 is 4.74 Å². The summed E-state index contributed by atoms with van der Waals surface area (Å²) < 4.78 is 5.22. The van der Waals surface area contributed by atoms with Crippen molar-refractivity contribution in [3.63, 3.8) is 0 Å². The van der Waals surface area contributed by atoms with Gasteiger partial charge in [0.2, 0.25) is 0 Å². The number of hydrogen-bond donors (Lipinski definition) is 1. The molecule has 3 rings (SSSR count). The van der Waals surface area contributed by atoms with E-state index in [-0.39, 0.29) is 0 Å². The Morgan fingerprint density at radius 3 is 2.45 bits per heavy atom. The van der Waals surface area contributed by atoms with Gasteiger partial charge in [-0.2, -0.15) is 0 Å². The lowest BCUT2D eigenvalue weighted by molar-refractivity contribution is 0.323. The molecule has 2 heteroatoms. The Bertz CT molecular complexity index is 418. The molecule has 0 aromatic heterocycles. The highest BCUT2D eigenvalue weighted by Crippen LogP contribution is 2.55. The SMILES string of the molecule is CCNC(CCc1ccc(OC)cc1)C1CC2CC2C1. The molecule has 2 aliphatic carbocycles. The van der Waals surface area contributed by atoms with Gasteiger partial charge in [0.05, 0.1) is 7.11 Å². The molecular weight excluding hydrogens is 246 g/mol. The molecule has 2 fully saturated rings. The van der Waals surface area contributed by atoms with Crippen LogP contribution in [-0.2, 0) is 6.42 Å². The summed E-state index contributed by atoms with van der Waals surface area (Å²) in [6, 6.07) is 9.27. The van der Waals surface area contributed by atoms with Gasteiger partial charge in [0.1, 0.15) is 5.75 Å². The standard InChI is InChI=1S/C18H27NO/c1-3-19-18(16-11-14-10-15(14)12-16)9-6-13-4-7-17(20-2)8-5-13/h4-5,7-8,14-16,18-19H,3,6,9-12H2,1-2H3. The summed E-state index contributed by atoms with van der Waals surface area (Å²) in [4.78, 5) is 0. The normalized spacial score (nSPS) is 29.0. The Hall–Kier alpha value is -1.02. The van der Waals surface area contributed by atoms with Crippen molar-refractivity contribution in [3.8, 4) is 5.75 Å². The van der Waals surface area contributed by atoms with E-state index in [0.29, 0.717) is 0 Å². The van der Waals surface area contributed by atoms with Crippen LogP contribution in [0.1, 0.15) is 38.2 Å². The molecule has 0 heterocycles. The van der Waals surface area contributed by atoms with E-state index in [9.17, 15) is 0 Å². The van der Waals surface area contributed by atoms with Crippen molar-refractivity contribution in [3.05, 3.63) is 29.8 Å². The number of aryl methyl sites for hydroxylation is 1. The molecule has 1 aromatic rings. The monoisotopic (exact) mass is 273 g/mol. The Morgan fingerprint density at radius 1 is 1.15 bits per heavy atom. The molecule has 20 heavy (non-hydrogen) atoms. The number of ether oxygens (including phenoxy) is 1. The molecule has 2 saturated carbocycles. The lowest BCUT2D eigenvalue weighted by Crippen LogP contribution is -2.36. The van der Waals surface area contributed by atoms with E-state index < -0.39 is 0 Å². The summed E-state index contributed by atoms with van der Waals surface area (Å²) in [5, 5.41) is 3.73. The molecule has 1 N–H and O–H groups in total. The smallest absolute Gasteiger partial charge is 0.118 e. The molecule has 0 spiro atoms. The predicted molar refractivity (Wildman–Crippen MR) is 83.1 cm³/mol. The van der Waals surface area contributed by atoms with Crippen LogP contribution in [0.3, 0.4) is 0 Å². The highest BCUT2D eigenvalue weighted by atomic mass is 16.5. The second-order valence-electron chi connectivity index (χ2n) is 6.54. The Morgan fingerprint density at radius 2 is 1.85 bits per heavy atom. The number of methoxy groups -OCH3 is 1. The van der Waals surface area contributed by atoms with E-state index in [1.807, 2.05) is 0 Å². The highest BCUT2D eigenvalue weighted by Gasteiger charge is 2.47. The average Bonchev–Trinajstić information content (AvgIpc) is 3.10. The van der Waals surface area contributed by atoms with E-state index in [1.54, 1.807) is 7.11 Å². The lowest BCUT2D eigenvalue weighted by Gasteiger charge is -2.25. The largest absolute Gasteiger partial charge is 0.497 e. The van der Waals surface area contributed by atoms with Crippen LogP contribution in [0.5, 0.6) is 5.75 Å². The maximum absolute atomic E-state index is 5.22. The predicted octanol–water partition coefficient (Wildman–Crippen LogP) is 3.65. The van der Waals surface area contributed by atoms with Gasteiger partial charge in [0.25, 0.3) is 0 Å². The first-order valence-electron chi connectivity index (χ1n) is 8.16. The Balaban J connectivity index is 1.53. The zero-order valence-electron chi connectivity index (χ0n) is 12.8. The summed E-state index contributed by atoms with van der Waals surface area (Å²) in [6.45, 7) is 3.33. The van der Waals surface area contributed by atoms with Crippen LogP contribution < -0.4 is 10.1 Å². The number of hydrogen-bond acceptors (Lipinski definition) is 2. The molecule has 0 aliphatic heterocycles. The molecule has 0 saturated heterocycles. The first kappa shape index (κ1) is 13.9. The third-order valence-electron chi connectivity index (χ3n) is 5.22. The first-order chi connectivity index (χ1) is 9.80. The van der Waals surface area contributed by atoms with Crippen molar-refractivity contribution >= 4 is 0 Å². The summed E-state index contributed by atoms with van der Waals surface area (Å²) >= 11 is 0. The molecule has 3 unspecified atom stereocenters. The van der Waals surface area contributed by atoms with Gasteiger partial charge in [-0.1, -0.05) is 19.1 Å². The topological polar surface area (TPSA) is 21.3 Å². The second-order valence-corrected chi connectivity index (χ2v) is 6.54. The molecule has 2 aliphatic rings. The maximum atomic E-state index is 5.22. The van der Waals surface area contributed by atoms with Gasteiger partial charge < -0.3 is 10.1 Å². The lowest BCUT2D eigenvalue weighted by atomic mass is 9.90. The van der Waals surface area contributed by atoms with Gasteiger partial charge in [-0.05, 0) is 74.1 Å². The molecule has 0 bridgehead atoms. The molecule has 2 nitrogen and oxygen atoms in total. The van der Waals surface area contributed by atoms with Gasteiger partial charge in [0.15, 0.2) is 0 Å². The molecule has 3 atom stereocenters. The number of fused-ring (bicyclic) bond motifs is 1. The summed E-state index contributed by atoms with van der Waals surface area (Å²) in [5.41, 5.74) is 1.43. The van der Waals surface area contributed by atoms with E-state index >= 15 is 0 Å². The molecule has 0 amide bonds. The zero-order chi connectivity index (χ0) is 13.9. The van der Waals surface area contributed by atoms with E-state index in [1.165, 1.54) is 37.7 Å². The van der Waals surface area contributed by atoms with E-state index in [0.717, 1.165) is 36.1 Å². The molecule has 1 aromatic carbocycles. The van der Waals surface area contributed by atoms with E-state index in [4.69, 9.17) is 4.74 Å². The van der Waals surface area contributed by atoms with Crippen molar-refractivity contribution in [2.75, 3.05) is 13.7 Å². The van der Waals surface area contributed by atoms with Gasteiger partial charge in [-0.15, -0.1) is 0 Å². The van der Waals surface area contributed by atoms with Crippen LogP contribution >= 0.6 is 0 Å². The van der Waals surface area contributed by atoms with Crippen molar-refractivity contribution in [2.45, 2.75) is 45.1 Å². The minimum atomic E-state index is 0.718. The highest BCUT2D eigenvalue weighted by molar-refractivity contribution is 5.27. The minimum Gasteiger partial charge on any atom is -0.497 e. The fourth-order valence-corrected chi connectivity index (χ4v) is 3.97. The summed E-state index contributed by atoms with van der Waals surface area (Å²) in [5.74, 6) is 4.05. The van der Waals surface area contributed by atoms with Gasteiger partial charge >= 0.3 is 0 Å². The van der Waals surface area contributed by atoms with Crippen LogP contribution in [0.15, 0.2) is 24.3 Å². The fourth-order valence-electron chi connectivity index (χ4n) is 3.97. The molecular formula is C18H27NO. The fraction of sp³-hybridized carbons (Fsp3) is 0.667. The van der Waals surface area contributed by atoms with Crippen LogP contribution in [0.2, 0.25) is 0 Å². The van der Waals surface area contributed by atoms with Gasteiger partial charge in [-0.25, -0.2) is 0 Å². The quantitative estimate of drug-likeness (QED) is 0.818. The van der Waals surface area contributed by atoms with Crippen molar-refractivity contribution in [1.29, 1.82) is 0 Å². The number of benzene rings is 1. The first-order valence-corrected chi connectivity index (χ1v) is 8.16. The van der Waals surface area contributed by atoms with Crippen LogP contribution in [0, 0.1) is 17.8 Å². The third kappa shape index (κ3) is 3.17. The zero-order valence-corrected chi connectivity index (χ0v) is 12.8. The van der Waals surface area contributed by atoms with Crippen molar-refractivity contribution in [1.82, 2.24) is 5.32 Å². The average molecular weight is 273 g/mol. The second kappa shape index (κ2) is 6.17. The summed E-state index contributed by atoms with van der Waals surface area (Å²) in [6.07, 6.45) is 6.92. The number of rotatable bonds is 7. The Labute approximate surface area is 122 Å². The molecule has 110 valence electrons. The van der Waals surface area contributed by atoms with Crippen LogP contribution in [0.4, 0.5) is 0 Å². The summed E-state index contributed by atoms with van der Waals surface area (Å²) in [7, 11) is 1.72. The maximum Gasteiger partial charge on any atom is 0.118 e.